The number of carboxylic acids is 3. The van der Waals surface area contributed by atoms with E-state index in [1.165, 1.54) is 64.1 Å². The molecule has 41 heteroatoms. The fraction of sp³-hybridized carbons (Fsp3) is 0.717. The Kier molecular flexibility index (Phi) is 40.3. The number of ether oxygens (including phenoxy) is 10. The van der Waals surface area contributed by atoms with Gasteiger partial charge < -0.3 is 154 Å². The van der Waals surface area contributed by atoms with Crippen molar-refractivity contribution in [2.45, 2.75) is 355 Å². The molecule has 4 aromatic rings. The molecule has 3 amide bonds. The second kappa shape index (κ2) is 50.2. The molecule has 6 heterocycles. The van der Waals surface area contributed by atoms with Gasteiger partial charge in [0.05, 0.1) is 62.7 Å². The first-order valence-corrected chi connectivity index (χ1v) is 46.3. The van der Waals surface area contributed by atoms with Crippen LogP contribution in [0, 0.1) is 35.5 Å². The van der Waals surface area contributed by atoms with E-state index in [2.05, 4.69) is 16.0 Å². The summed E-state index contributed by atoms with van der Waals surface area (Å²) < 4.78 is 72.1. The molecule has 0 spiro atoms. The van der Waals surface area contributed by atoms with Crippen LogP contribution in [0.2, 0.25) is 0 Å². The maximum atomic E-state index is 14.0. The van der Waals surface area contributed by atoms with E-state index in [1.54, 1.807) is 6.07 Å². The summed E-state index contributed by atoms with van der Waals surface area (Å²) >= 11 is 0. The number of aliphatic hydroxyl groups excluding tert-OH is 10. The van der Waals surface area contributed by atoms with Crippen molar-refractivity contribution in [1.29, 1.82) is 0 Å². The highest BCUT2D eigenvalue weighted by Gasteiger charge is 2.56. The number of rotatable bonds is 37. The van der Waals surface area contributed by atoms with E-state index in [1.807, 2.05) is 13.8 Å². The summed E-state index contributed by atoms with van der Waals surface area (Å²) in [5, 5.41) is 164. The predicted molar refractivity (Wildman–Crippen MR) is 465 cm³/mol. The second-order valence-electron chi connectivity index (χ2n) is 36.4. The Balaban J connectivity index is 0.000000241. The first kappa shape index (κ1) is 107. The van der Waals surface area contributed by atoms with Gasteiger partial charge in [0.1, 0.15) is 120 Å². The second-order valence-corrected chi connectivity index (χ2v) is 36.4. The topological polar surface area (TPSA) is 655 Å². The van der Waals surface area contributed by atoms with E-state index in [0.29, 0.717) is 60.5 Å². The van der Waals surface area contributed by atoms with Gasteiger partial charge in [0, 0.05) is 80.1 Å². The number of ketones is 2. The maximum Gasteiger partial charge on any atom is 0.336 e. The van der Waals surface area contributed by atoms with Gasteiger partial charge in [0.25, 0.3) is 0 Å². The van der Waals surface area contributed by atoms with Gasteiger partial charge in [-0.1, -0.05) is 90.9 Å². The first-order chi connectivity index (χ1) is 63.3. The van der Waals surface area contributed by atoms with Crippen LogP contribution >= 0.6 is 0 Å². The average Bonchev–Trinajstić information content (AvgIpc) is 0.783. The number of hydrogen-bond acceptors (Lipinski definition) is 35. The Bertz CT molecular complexity index is 4600. The van der Waals surface area contributed by atoms with Crippen molar-refractivity contribution in [3.8, 4) is 11.5 Å². The SMILES string of the molecule is CCC1CC(C(=O)CCCN)C[C@@H](O[C@@H]2O[C@@H](CO)[C@H](O)C(O[C@@H](CC3CCCCC3)C(=O)O)C2NC(C)=O)[C@@H]1OC1O[C@@H](C)[C@H](O)C(O)[C@@H]1O.CCC1CC(C(=O)CCCNC(=O)Cc2cc(=O)oc3cc(O)ccc23)C[C@@H](O[C@@H]2O[C@@H](CO)[C@H](O)C(O[C@@H](CC3CCCCC3)C(=O)O)C2NC(C)=O)[C@@H]1OC1O[C@@H](C)[C@H](O)C(O)[C@@H]1O.O=C(O)Cc1cc(=O)oc2cc(O)ccc12. The molecular formula is C92H134N4O37. The van der Waals surface area contributed by atoms with Crippen LogP contribution in [0.25, 0.3) is 21.9 Å². The van der Waals surface area contributed by atoms with E-state index in [-0.39, 0.29) is 116 Å². The molecule has 20 N–H and O–H groups in total. The quantitative estimate of drug-likeness (QED) is 0.0226. The smallest absolute Gasteiger partial charge is 0.336 e. The first-order valence-electron chi connectivity index (χ1n) is 46.3. The van der Waals surface area contributed by atoms with Crippen LogP contribution in [-0.4, -0.2) is 309 Å². The fourth-order valence-electron chi connectivity index (χ4n) is 19.6. The van der Waals surface area contributed by atoms with Crippen LogP contribution < -0.4 is 32.9 Å². The minimum absolute atomic E-state index is 0.000917. The molecule has 4 aliphatic heterocycles. The highest BCUT2D eigenvalue weighted by Crippen LogP contribution is 2.44. The van der Waals surface area contributed by atoms with Crippen molar-refractivity contribution in [3.05, 3.63) is 80.5 Å². The number of aliphatic hydroxyl groups is 10. The number of carbonyl (C=O) groups excluding carboxylic acids is 5. The number of phenols is 2. The van der Waals surface area contributed by atoms with Gasteiger partial charge in [-0.15, -0.1) is 0 Å². The Morgan fingerprint density at radius 2 is 0.880 bits per heavy atom. The van der Waals surface area contributed by atoms with Crippen LogP contribution in [0.3, 0.4) is 0 Å². The Hall–Kier alpha value is -8.22. The number of carboxylic acid groups (broad SMARTS) is 3. The van der Waals surface area contributed by atoms with E-state index < -0.39 is 237 Å². The van der Waals surface area contributed by atoms with E-state index >= 15 is 0 Å². The van der Waals surface area contributed by atoms with Gasteiger partial charge in [-0.25, -0.2) is 19.2 Å². The molecule has 0 radical (unpaired) electrons. The third-order valence-electron chi connectivity index (χ3n) is 26.7. The van der Waals surface area contributed by atoms with Gasteiger partial charge in [-0.3, -0.25) is 28.8 Å². The number of nitrogens with two attached hydrogens (primary N) is 1. The molecule has 41 nitrogen and oxygen atoms in total. The van der Waals surface area contributed by atoms with Crippen molar-refractivity contribution < 1.29 is 171 Å². The molecule has 4 saturated heterocycles. The van der Waals surface area contributed by atoms with E-state index in [0.717, 1.165) is 70.3 Å². The Morgan fingerprint density at radius 3 is 1.25 bits per heavy atom. The zero-order chi connectivity index (χ0) is 96.9. The summed E-state index contributed by atoms with van der Waals surface area (Å²) in [4.78, 5) is 125. The number of aromatic hydroxyl groups is 2. The van der Waals surface area contributed by atoms with Crippen molar-refractivity contribution in [2.75, 3.05) is 26.3 Å². The van der Waals surface area contributed by atoms with Crippen molar-refractivity contribution in [1.82, 2.24) is 16.0 Å². The van der Waals surface area contributed by atoms with Gasteiger partial charge in [0.15, 0.2) is 37.4 Å². The summed E-state index contributed by atoms with van der Waals surface area (Å²) in [6.45, 7) is 8.29. The molecule has 12 rings (SSSR count). The monoisotopic (exact) mass is 1890 g/mol. The summed E-state index contributed by atoms with van der Waals surface area (Å²) in [5.41, 5.74) is 5.46. The molecule has 12 unspecified atom stereocenters. The molecule has 4 aliphatic carbocycles. The molecule has 8 aliphatic rings. The molecule has 2 aromatic carbocycles. The van der Waals surface area contributed by atoms with Gasteiger partial charge >= 0.3 is 29.2 Å². The van der Waals surface area contributed by atoms with Crippen LogP contribution in [0.4, 0.5) is 0 Å². The number of phenolic OH excluding ortho intramolecular Hbond substituents is 2. The van der Waals surface area contributed by atoms with Gasteiger partial charge in [0.2, 0.25) is 17.7 Å². The number of fused-ring (bicyclic) bond motifs is 2. The largest absolute Gasteiger partial charge is 0.508 e. The number of carbonyl (C=O) groups is 8. The highest BCUT2D eigenvalue weighted by atomic mass is 16.7. The van der Waals surface area contributed by atoms with Crippen molar-refractivity contribution in [3.63, 3.8) is 0 Å². The number of hydrogen-bond donors (Lipinski definition) is 19. The predicted octanol–water partition coefficient (Wildman–Crippen LogP) is 1.78. The lowest BCUT2D eigenvalue weighted by atomic mass is 9.74. The Labute approximate surface area is 767 Å². The zero-order valence-electron chi connectivity index (χ0n) is 75.7. The van der Waals surface area contributed by atoms with Crippen LogP contribution in [0.1, 0.15) is 194 Å². The zero-order valence-corrected chi connectivity index (χ0v) is 75.7. The number of nitrogens with one attached hydrogen (secondary N) is 3. The summed E-state index contributed by atoms with van der Waals surface area (Å²) in [6, 6.07) is 8.22. The maximum absolute atomic E-state index is 14.0. The number of benzene rings is 2. The molecule has 8 fully saturated rings. The molecule has 744 valence electrons. The lowest BCUT2D eigenvalue weighted by Gasteiger charge is -2.49. The summed E-state index contributed by atoms with van der Waals surface area (Å²) in [6.07, 6.45) is -20.0. The summed E-state index contributed by atoms with van der Waals surface area (Å²) in [5.74, 6) is -7.12. The lowest BCUT2D eigenvalue weighted by molar-refractivity contribution is -0.338. The highest BCUT2D eigenvalue weighted by molar-refractivity contribution is 5.88. The fourth-order valence-corrected chi connectivity index (χ4v) is 19.6. The average molecular weight is 1890 g/mol. The number of aliphatic carboxylic acids is 3. The van der Waals surface area contributed by atoms with Crippen molar-refractivity contribution in [2.24, 2.45) is 41.2 Å². The van der Waals surface area contributed by atoms with Crippen LogP contribution in [-0.2, 0) is 98.6 Å². The molecule has 133 heavy (non-hydrogen) atoms. The lowest BCUT2D eigenvalue weighted by Crippen LogP contribution is -2.67. The normalized spacial score (nSPS) is 33.2. The van der Waals surface area contributed by atoms with E-state index in [9.17, 15) is 119 Å². The van der Waals surface area contributed by atoms with Crippen LogP contribution in [0.5, 0.6) is 11.5 Å². The molecule has 4 saturated carbocycles. The number of amides is 3. The molecule has 0 bridgehead atoms. The molecule has 30 atom stereocenters. The summed E-state index contributed by atoms with van der Waals surface area (Å²) in [7, 11) is 0. The van der Waals surface area contributed by atoms with Gasteiger partial charge in [-0.05, 0) is 131 Å². The third-order valence-corrected chi connectivity index (χ3v) is 26.7. The van der Waals surface area contributed by atoms with E-state index in [4.69, 9.17) is 67.0 Å². The standard InChI is InChI=1S/C46H66N2O18.C35H60N2O14.C11H8O5/c1-4-25-16-27(30(52)11-8-14-47-35(53)18-26-19-36(54)62-31-20-28(51)12-13-29(26)31)17-32(42(25)66-46-41(58)40(57)38(55)22(2)61-46)64-45-37(48-23(3)50)43(39(56)34(21-49)65-45)63-33(44(59)60)15-24-9-6-5-7-10-24;1-4-20-14-21(22(40)11-8-12-36)15-23(31(20)51-35-30(44)29(43)27(41)17(2)47-35)49-34-26(37-18(3)39)32(28(42)25(16-38)50-34)48-24(33(45)46)13-19-9-6-5-7-10-19;12-7-1-2-8-6(3-10(13)14)4-11(15)16-9(8)5-7/h12-13,19-20,22,24-25,27,32-34,37-43,45-46,49,51,55-58H,4-11,14-18,21H2,1-3H3,(H,47,53)(H,48,50)(H,59,60);17,19-21,23-32,34-35,38,41-44H,4-16,36H2,1-3H3,(H,37,39)(H,45,46);1-2,4-5,12H,3H2,(H,13,14)/t22-,25?,27?,32+,33-,34-,37?,38-,39-,40?,41-,42+,43?,45+,46?;17-,20?,21?,23+,24-,25-,26?,27-,28-,29?,30-,31+,32?,34+,35?;/m00./s1. The van der Waals surface area contributed by atoms with Crippen LogP contribution in [0.15, 0.2) is 67.0 Å². The minimum atomic E-state index is -1.68. The third kappa shape index (κ3) is 28.7. The number of Topliss-reactive ketones (excluding diaryl/α,β-unsaturated/α-hetero) is 2. The molecule has 2 aromatic heterocycles. The van der Waals surface area contributed by atoms with Crippen molar-refractivity contribution >= 4 is 69.1 Å². The minimum Gasteiger partial charge on any atom is -0.508 e. The molecular weight excluding hydrogens is 1750 g/mol. The van der Waals surface area contributed by atoms with Gasteiger partial charge in [-0.2, -0.15) is 0 Å². The Morgan fingerprint density at radius 1 is 0.481 bits per heavy atom.